The van der Waals surface area contributed by atoms with E-state index in [2.05, 4.69) is 0 Å². The maximum Gasteiger partial charge on any atom is 0.339 e. The van der Waals surface area contributed by atoms with Crippen molar-refractivity contribution in [2.45, 2.75) is 39.9 Å². The molecule has 3 aromatic carbocycles. The van der Waals surface area contributed by atoms with Crippen molar-refractivity contribution in [2.75, 3.05) is 13.2 Å². The lowest BCUT2D eigenvalue weighted by Gasteiger charge is -2.16. The summed E-state index contributed by atoms with van der Waals surface area (Å²) in [6.45, 7) is 6.80. The summed E-state index contributed by atoms with van der Waals surface area (Å²) in [5.41, 5.74) is 0.760. The van der Waals surface area contributed by atoms with Crippen LogP contribution in [0.3, 0.4) is 0 Å². The number of ether oxygens (including phenoxy) is 4. The number of carbonyl (C=O) groups excluding carboxylic acids is 4. The van der Waals surface area contributed by atoms with Gasteiger partial charge in [-0.15, -0.1) is 0 Å². The molecule has 0 aromatic heterocycles. The van der Waals surface area contributed by atoms with Gasteiger partial charge in [-0.1, -0.05) is 62.4 Å². The van der Waals surface area contributed by atoms with Gasteiger partial charge in [-0.05, 0) is 50.2 Å². The van der Waals surface area contributed by atoms with Crippen molar-refractivity contribution in [3.05, 3.63) is 107 Å². The molecule has 8 heteroatoms. The maximum atomic E-state index is 12.7. The first-order valence-electron chi connectivity index (χ1n) is 12.3. The van der Waals surface area contributed by atoms with E-state index in [0.717, 1.165) is 0 Å². The summed E-state index contributed by atoms with van der Waals surface area (Å²) in [6.07, 6.45) is -1.47. The van der Waals surface area contributed by atoms with Crippen molar-refractivity contribution in [2.24, 2.45) is 0 Å². The lowest BCUT2D eigenvalue weighted by atomic mass is 10.1. The zero-order chi connectivity index (χ0) is 27.9. The van der Waals surface area contributed by atoms with Crippen molar-refractivity contribution in [3.8, 4) is 0 Å². The smallest absolute Gasteiger partial charge is 0.339 e. The van der Waals surface area contributed by atoms with Crippen LogP contribution in [0.4, 0.5) is 0 Å². The molecule has 0 heterocycles. The predicted molar refractivity (Wildman–Crippen MR) is 141 cm³/mol. The van der Waals surface area contributed by atoms with Crippen LogP contribution >= 0.6 is 0 Å². The third kappa shape index (κ3) is 9.20. The number of rotatable bonds is 10. The molecular weight excluding hydrogens is 488 g/mol. The van der Waals surface area contributed by atoms with E-state index in [1.807, 2.05) is 13.8 Å². The summed E-state index contributed by atoms with van der Waals surface area (Å²) in [5, 5.41) is 0. The molecule has 0 spiro atoms. The summed E-state index contributed by atoms with van der Waals surface area (Å²) in [5.74, 6) is -2.61. The van der Waals surface area contributed by atoms with E-state index < -0.39 is 36.1 Å². The van der Waals surface area contributed by atoms with Crippen LogP contribution in [-0.4, -0.2) is 49.3 Å². The van der Waals surface area contributed by atoms with E-state index in [9.17, 15) is 19.2 Å². The molecule has 8 nitrogen and oxygen atoms in total. The van der Waals surface area contributed by atoms with Gasteiger partial charge < -0.3 is 18.9 Å². The van der Waals surface area contributed by atoms with Crippen molar-refractivity contribution in [1.29, 1.82) is 0 Å². The third-order valence-corrected chi connectivity index (χ3v) is 4.90. The Morgan fingerprint density at radius 3 is 1.39 bits per heavy atom. The molecule has 200 valence electrons. The fourth-order valence-corrected chi connectivity index (χ4v) is 3.10. The Bertz CT molecular complexity index is 1190. The quantitative estimate of drug-likeness (QED) is 0.254. The molecule has 2 atom stereocenters. The Kier molecular flexibility index (Phi) is 12.2. The van der Waals surface area contributed by atoms with Crippen molar-refractivity contribution in [1.82, 2.24) is 0 Å². The highest BCUT2D eigenvalue weighted by molar-refractivity contribution is 6.03. The van der Waals surface area contributed by atoms with Gasteiger partial charge in [-0.25, -0.2) is 19.2 Å². The summed E-state index contributed by atoms with van der Waals surface area (Å²) >= 11 is 0. The third-order valence-electron chi connectivity index (χ3n) is 4.90. The van der Waals surface area contributed by atoms with Gasteiger partial charge in [0.1, 0.15) is 25.4 Å². The summed E-state index contributed by atoms with van der Waals surface area (Å²) < 4.78 is 21.1. The highest BCUT2D eigenvalue weighted by atomic mass is 16.6. The largest absolute Gasteiger partial charge is 0.458 e. The molecule has 0 N–H and O–H groups in total. The molecule has 3 rings (SSSR count). The second kappa shape index (κ2) is 15.6. The lowest BCUT2D eigenvalue weighted by Crippen LogP contribution is -2.25. The van der Waals surface area contributed by atoms with E-state index in [-0.39, 0.29) is 24.3 Å². The SMILES string of the molecule is CC.CC(COC(=O)c1ccccc1C(=O)OC(C)COC(=O)c1ccccc1)OC(=O)c1ccccc1. The number of hydrogen-bond acceptors (Lipinski definition) is 8. The molecule has 0 aliphatic heterocycles. The van der Waals surface area contributed by atoms with Crippen LogP contribution in [0.15, 0.2) is 84.9 Å². The van der Waals surface area contributed by atoms with Crippen LogP contribution in [0.1, 0.15) is 69.1 Å². The molecule has 0 fully saturated rings. The van der Waals surface area contributed by atoms with Gasteiger partial charge >= 0.3 is 23.9 Å². The number of hydrogen-bond donors (Lipinski definition) is 0. The van der Waals surface area contributed by atoms with Gasteiger partial charge in [0.15, 0.2) is 0 Å². The highest BCUT2D eigenvalue weighted by Crippen LogP contribution is 2.14. The second-order valence-electron chi connectivity index (χ2n) is 7.91. The van der Waals surface area contributed by atoms with E-state index in [1.165, 1.54) is 12.1 Å². The lowest BCUT2D eigenvalue weighted by molar-refractivity contribution is 0.00250. The topological polar surface area (TPSA) is 105 Å². The Balaban J connectivity index is 0.00000247. The first-order chi connectivity index (χ1) is 18.3. The maximum absolute atomic E-state index is 12.7. The summed E-state index contributed by atoms with van der Waals surface area (Å²) in [6, 6.07) is 22.9. The minimum atomic E-state index is -0.770. The average Bonchev–Trinajstić information content (AvgIpc) is 2.96. The monoisotopic (exact) mass is 520 g/mol. The van der Waals surface area contributed by atoms with Gasteiger partial charge in [0.2, 0.25) is 0 Å². The minimum absolute atomic E-state index is 0.00216. The molecule has 0 radical (unpaired) electrons. The van der Waals surface area contributed by atoms with E-state index in [4.69, 9.17) is 18.9 Å². The first-order valence-corrected chi connectivity index (χ1v) is 12.3. The normalized spacial score (nSPS) is 11.6. The van der Waals surface area contributed by atoms with Crippen molar-refractivity contribution >= 4 is 23.9 Å². The van der Waals surface area contributed by atoms with E-state index >= 15 is 0 Å². The highest BCUT2D eigenvalue weighted by Gasteiger charge is 2.22. The Labute approximate surface area is 222 Å². The Morgan fingerprint density at radius 1 is 0.526 bits per heavy atom. The van der Waals surface area contributed by atoms with Crippen LogP contribution < -0.4 is 0 Å². The van der Waals surface area contributed by atoms with Crippen LogP contribution in [0.5, 0.6) is 0 Å². The molecule has 0 saturated heterocycles. The standard InChI is InChI=1S/C28H26O8.C2H6/c1-19(35-26(30)22-13-7-4-8-14-22)18-34-27(31)23-15-9-10-16-24(23)28(32)36-20(2)17-33-25(29)21-11-5-3-6-12-21;1-2/h3-16,19-20H,17-18H2,1-2H3;1-2H3. The molecule has 0 aliphatic carbocycles. The van der Waals surface area contributed by atoms with Gasteiger partial charge in [0.05, 0.1) is 22.3 Å². The first kappa shape index (κ1) is 29.8. The number of benzene rings is 3. The molecule has 0 bridgehead atoms. The molecule has 0 saturated carbocycles. The van der Waals surface area contributed by atoms with Gasteiger partial charge in [-0.3, -0.25) is 0 Å². The minimum Gasteiger partial charge on any atom is -0.458 e. The summed E-state index contributed by atoms with van der Waals surface area (Å²) in [7, 11) is 0. The summed E-state index contributed by atoms with van der Waals surface area (Å²) in [4.78, 5) is 49.5. The molecule has 2 unspecified atom stereocenters. The van der Waals surface area contributed by atoms with Gasteiger partial charge in [0.25, 0.3) is 0 Å². The molecular formula is C30H32O8. The van der Waals surface area contributed by atoms with Crippen LogP contribution in [0.25, 0.3) is 0 Å². The van der Waals surface area contributed by atoms with Crippen LogP contribution in [0, 0.1) is 0 Å². The van der Waals surface area contributed by atoms with Crippen molar-refractivity contribution in [3.63, 3.8) is 0 Å². The van der Waals surface area contributed by atoms with Crippen molar-refractivity contribution < 1.29 is 38.1 Å². The molecule has 0 amide bonds. The number of carbonyl (C=O) groups is 4. The van der Waals surface area contributed by atoms with E-state index in [0.29, 0.717) is 11.1 Å². The fraction of sp³-hybridized carbons (Fsp3) is 0.267. The second-order valence-corrected chi connectivity index (χ2v) is 7.91. The molecule has 0 aliphatic rings. The molecule has 3 aromatic rings. The average molecular weight is 521 g/mol. The van der Waals surface area contributed by atoms with Gasteiger partial charge in [0, 0.05) is 0 Å². The van der Waals surface area contributed by atoms with Gasteiger partial charge in [-0.2, -0.15) is 0 Å². The van der Waals surface area contributed by atoms with Crippen LogP contribution in [0.2, 0.25) is 0 Å². The Hall–Kier alpha value is -4.46. The Morgan fingerprint density at radius 2 is 0.895 bits per heavy atom. The number of esters is 4. The zero-order valence-electron chi connectivity index (χ0n) is 21.9. The zero-order valence-corrected chi connectivity index (χ0v) is 21.9. The predicted octanol–water partition coefficient (Wildman–Crippen LogP) is 5.52. The molecule has 38 heavy (non-hydrogen) atoms. The van der Waals surface area contributed by atoms with Crippen LogP contribution in [-0.2, 0) is 18.9 Å². The fourth-order valence-electron chi connectivity index (χ4n) is 3.10. The van der Waals surface area contributed by atoms with E-state index in [1.54, 1.807) is 86.6 Å².